The predicted octanol–water partition coefficient (Wildman–Crippen LogP) is 0.977. The molecule has 1 rings (SSSR count). The fraction of sp³-hybridized carbons (Fsp3) is 0.467. The van der Waals surface area contributed by atoms with Crippen molar-refractivity contribution in [3.8, 4) is 5.75 Å². The van der Waals surface area contributed by atoms with Crippen LogP contribution in [0.3, 0.4) is 0 Å². The van der Waals surface area contributed by atoms with E-state index in [1.165, 1.54) is 0 Å². The Kier molecular flexibility index (Phi) is 7.25. The maximum absolute atomic E-state index is 11.7. The van der Waals surface area contributed by atoms with Crippen LogP contribution in [0.1, 0.15) is 13.8 Å². The summed E-state index contributed by atoms with van der Waals surface area (Å²) >= 11 is 0. The van der Waals surface area contributed by atoms with Gasteiger partial charge in [0.2, 0.25) is 5.91 Å². The zero-order valence-corrected chi connectivity index (χ0v) is 12.4. The van der Waals surface area contributed by atoms with Crippen LogP contribution in [-0.4, -0.2) is 54.2 Å². The van der Waals surface area contributed by atoms with Crippen molar-refractivity contribution in [1.82, 2.24) is 10.2 Å². The van der Waals surface area contributed by atoms with Crippen molar-refractivity contribution >= 4 is 11.9 Å². The molecule has 0 aromatic heterocycles. The monoisotopic (exact) mass is 294 g/mol. The highest BCUT2D eigenvalue weighted by atomic mass is 16.5. The molecule has 2 N–H and O–H groups in total. The predicted molar refractivity (Wildman–Crippen MR) is 79.3 cm³/mol. The molecule has 0 spiro atoms. The van der Waals surface area contributed by atoms with Gasteiger partial charge in [-0.25, -0.2) is 0 Å². The Labute approximate surface area is 124 Å². The Bertz CT molecular complexity index is 448. The first-order valence-corrected chi connectivity index (χ1v) is 6.89. The van der Waals surface area contributed by atoms with Crippen LogP contribution in [0.4, 0.5) is 0 Å². The van der Waals surface area contributed by atoms with Crippen LogP contribution in [0, 0.1) is 0 Å². The molecular weight excluding hydrogens is 272 g/mol. The zero-order chi connectivity index (χ0) is 15.7. The molecule has 116 valence electrons. The number of carboxylic acid groups (broad SMARTS) is 1. The van der Waals surface area contributed by atoms with Gasteiger partial charge in [0.1, 0.15) is 12.4 Å². The molecule has 0 fully saturated rings. The quantitative estimate of drug-likeness (QED) is 0.664. The van der Waals surface area contributed by atoms with Crippen molar-refractivity contribution in [2.75, 3.05) is 26.2 Å². The summed E-state index contributed by atoms with van der Waals surface area (Å²) in [7, 11) is 0. The molecule has 0 unspecified atom stereocenters. The number of carboxylic acids is 1. The van der Waals surface area contributed by atoms with E-state index < -0.39 is 5.97 Å². The largest absolute Gasteiger partial charge is 0.492 e. The van der Waals surface area contributed by atoms with Crippen LogP contribution in [0.5, 0.6) is 5.75 Å². The summed E-state index contributed by atoms with van der Waals surface area (Å²) in [4.78, 5) is 24.1. The van der Waals surface area contributed by atoms with E-state index in [2.05, 4.69) is 5.32 Å². The van der Waals surface area contributed by atoms with E-state index in [4.69, 9.17) is 9.84 Å². The van der Waals surface area contributed by atoms with Crippen molar-refractivity contribution in [3.63, 3.8) is 0 Å². The normalized spacial score (nSPS) is 10.7. The molecule has 6 heteroatoms. The van der Waals surface area contributed by atoms with Crippen LogP contribution in [0.15, 0.2) is 30.3 Å². The van der Waals surface area contributed by atoms with Crippen molar-refractivity contribution in [2.45, 2.75) is 19.9 Å². The van der Waals surface area contributed by atoms with Crippen LogP contribution in [0.2, 0.25) is 0 Å². The van der Waals surface area contributed by atoms with Crippen molar-refractivity contribution in [3.05, 3.63) is 30.3 Å². The van der Waals surface area contributed by atoms with Crippen molar-refractivity contribution < 1.29 is 19.4 Å². The van der Waals surface area contributed by atoms with E-state index >= 15 is 0 Å². The molecule has 0 heterocycles. The Morgan fingerprint density at radius 3 is 2.48 bits per heavy atom. The maximum Gasteiger partial charge on any atom is 0.317 e. The van der Waals surface area contributed by atoms with Gasteiger partial charge >= 0.3 is 5.97 Å². The van der Waals surface area contributed by atoms with E-state index in [1.54, 1.807) is 4.90 Å². The number of hydrogen-bond acceptors (Lipinski definition) is 4. The first-order valence-electron chi connectivity index (χ1n) is 6.89. The minimum Gasteiger partial charge on any atom is -0.492 e. The highest BCUT2D eigenvalue weighted by molar-refractivity contribution is 5.79. The van der Waals surface area contributed by atoms with Gasteiger partial charge in [-0.05, 0) is 26.0 Å². The summed E-state index contributed by atoms with van der Waals surface area (Å²) in [5.74, 6) is -0.396. The highest BCUT2D eigenvalue weighted by Gasteiger charge is 2.16. The highest BCUT2D eigenvalue weighted by Crippen LogP contribution is 2.07. The molecule has 6 nitrogen and oxygen atoms in total. The number of rotatable bonds is 9. The molecule has 0 aliphatic heterocycles. The number of ether oxygens (including phenoxy) is 1. The summed E-state index contributed by atoms with van der Waals surface area (Å²) in [5.41, 5.74) is 0. The number of benzene rings is 1. The second kappa shape index (κ2) is 8.97. The van der Waals surface area contributed by atoms with Gasteiger partial charge in [-0.15, -0.1) is 0 Å². The second-order valence-electron chi connectivity index (χ2n) is 4.90. The van der Waals surface area contributed by atoms with E-state index in [1.807, 2.05) is 44.2 Å². The molecule has 0 saturated carbocycles. The van der Waals surface area contributed by atoms with Crippen LogP contribution < -0.4 is 10.1 Å². The summed E-state index contributed by atoms with van der Waals surface area (Å²) in [5, 5.41) is 11.5. The Morgan fingerprint density at radius 1 is 1.24 bits per heavy atom. The van der Waals surface area contributed by atoms with Gasteiger partial charge in [-0.2, -0.15) is 0 Å². The third-order valence-electron chi connectivity index (χ3n) is 2.85. The number of aliphatic carboxylic acids is 1. The molecule has 0 atom stereocenters. The number of nitrogens with one attached hydrogen (secondary N) is 1. The van der Waals surface area contributed by atoms with Gasteiger partial charge in [0.15, 0.2) is 0 Å². The second-order valence-corrected chi connectivity index (χ2v) is 4.90. The molecule has 0 aliphatic carbocycles. The summed E-state index contributed by atoms with van der Waals surface area (Å²) < 4.78 is 5.45. The molecule has 1 amide bonds. The summed E-state index contributed by atoms with van der Waals surface area (Å²) in [6, 6.07) is 9.33. The lowest BCUT2D eigenvalue weighted by Gasteiger charge is -2.23. The fourth-order valence-electron chi connectivity index (χ4n) is 1.71. The number of nitrogens with zero attached hydrogens (tertiary/aromatic N) is 1. The Morgan fingerprint density at radius 2 is 1.90 bits per heavy atom. The lowest BCUT2D eigenvalue weighted by Crippen LogP contribution is -2.44. The van der Waals surface area contributed by atoms with Crippen LogP contribution >= 0.6 is 0 Å². The zero-order valence-electron chi connectivity index (χ0n) is 12.4. The van der Waals surface area contributed by atoms with Crippen LogP contribution in [0.25, 0.3) is 0 Å². The fourth-order valence-corrected chi connectivity index (χ4v) is 1.71. The molecule has 0 radical (unpaired) electrons. The van der Waals surface area contributed by atoms with Gasteiger partial charge in [-0.3, -0.25) is 14.5 Å². The van der Waals surface area contributed by atoms with Gasteiger partial charge in [0, 0.05) is 6.04 Å². The minimum atomic E-state index is -0.941. The first-order chi connectivity index (χ1) is 9.99. The molecule has 1 aromatic carbocycles. The smallest absolute Gasteiger partial charge is 0.317 e. The molecular formula is C15H22N2O4. The van der Waals surface area contributed by atoms with Gasteiger partial charge < -0.3 is 15.2 Å². The van der Waals surface area contributed by atoms with E-state index in [0.29, 0.717) is 13.2 Å². The third kappa shape index (κ3) is 7.31. The molecule has 0 saturated heterocycles. The SMILES string of the molecule is CC(C)N(CC(=O)O)CC(=O)NCCOc1ccccc1. The topological polar surface area (TPSA) is 78.9 Å². The molecule has 1 aromatic rings. The van der Waals surface area contributed by atoms with Gasteiger partial charge in [0.05, 0.1) is 19.6 Å². The number of amides is 1. The van der Waals surface area contributed by atoms with Gasteiger partial charge in [-0.1, -0.05) is 18.2 Å². The van der Waals surface area contributed by atoms with E-state index in [0.717, 1.165) is 5.75 Å². The number of carbonyl (C=O) groups is 2. The molecule has 0 aliphatic rings. The summed E-state index contributed by atoms with van der Waals surface area (Å²) in [6.45, 7) is 4.38. The standard InChI is InChI=1S/C15H22N2O4/c1-12(2)17(11-15(19)20)10-14(18)16-8-9-21-13-6-4-3-5-7-13/h3-7,12H,8-11H2,1-2H3,(H,16,18)(H,19,20). The van der Waals surface area contributed by atoms with Crippen LogP contribution in [-0.2, 0) is 9.59 Å². The third-order valence-corrected chi connectivity index (χ3v) is 2.85. The van der Waals surface area contributed by atoms with Crippen molar-refractivity contribution in [1.29, 1.82) is 0 Å². The molecule has 21 heavy (non-hydrogen) atoms. The van der Waals surface area contributed by atoms with Crippen molar-refractivity contribution in [2.24, 2.45) is 0 Å². The Balaban J connectivity index is 2.25. The lowest BCUT2D eigenvalue weighted by atomic mass is 10.3. The number of carbonyl (C=O) groups excluding carboxylic acids is 1. The minimum absolute atomic E-state index is 0.00702. The number of para-hydroxylation sites is 1. The first kappa shape index (κ1) is 17.0. The average Bonchev–Trinajstić information content (AvgIpc) is 2.43. The summed E-state index contributed by atoms with van der Waals surface area (Å²) in [6.07, 6.45) is 0. The maximum atomic E-state index is 11.7. The average molecular weight is 294 g/mol. The van der Waals surface area contributed by atoms with E-state index in [9.17, 15) is 9.59 Å². The van der Waals surface area contributed by atoms with Gasteiger partial charge in [0.25, 0.3) is 0 Å². The molecule has 0 bridgehead atoms. The number of hydrogen-bond donors (Lipinski definition) is 2. The lowest BCUT2D eigenvalue weighted by molar-refractivity contribution is -0.139. The Hall–Kier alpha value is -2.08. The van der Waals surface area contributed by atoms with E-state index in [-0.39, 0.29) is 25.0 Å².